The lowest BCUT2D eigenvalue weighted by Gasteiger charge is -2.12. The van der Waals surface area contributed by atoms with Gasteiger partial charge in [-0.2, -0.15) is 0 Å². The molecule has 0 aromatic rings. The molecule has 10 heavy (non-hydrogen) atoms. The standard InChI is InChI=1S/C5H12N2O3/c6-3-4(9)2(1-8)7-5(3)10/h2-5,7-10H,1,6H2/t2-,3+,4-,5-/m0/s1. The largest absolute Gasteiger partial charge is 0.395 e. The first-order chi connectivity index (χ1) is 4.66. The molecule has 0 spiro atoms. The van der Waals surface area contributed by atoms with Gasteiger partial charge in [-0.1, -0.05) is 0 Å². The minimum absolute atomic E-state index is 0.216. The number of aliphatic hydroxyl groups is 3. The lowest BCUT2D eigenvalue weighted by atomic mass is 10.1. The van der Waals surface area contributed by atoms with Gasteiger partial charge in [-0.25, -0.2) is 0 Å². The molecule has 0 amide bonds. The van der Waals surface area contributed by atoms with Crippen molar-refractivity contribution in [1.29, 1.82) is 0 Å². The van der Waals surface area contributed by atoms with E-state index in [9.17, 15) is 0 Å². The molecule has 0 radical (unpaired) electrons. The molecule has 0 bridgehead atoms. The highest BCUT2D eigenvalue weighted by Crippen LogP contribution is 2.09. The Morgan fingerprint density at radius 3 is 2.20 bits per heavy atom. The van der Waals surface area contributed by atoms with Crippen molar-refractivity contribution in [3.05, 3.63) is 0 Å². The molecule has 0 aromatic heterocycles. The molecule has 5 nitrogen and oxygen atoms in total. The summed E-state index contributed by atoms with van der Waals surface area (Å²) in [7, 11) is 0. The summed E-state index contributed by atoms with van der Waals surface area (Å²) in [5, 5.41) is 29.2. The van der Waals surface area contributed by atoms with E-state index in [0.717, 1.165) is 0 Å². The first-order valence-corrected chi connectivity index (χ1v) is 3.15. The quantitative estimate of drug-likeness (QED) is 0.272. The summed E-state index contributed by atoms with van der Waals surface area (Å²) in [6.07, 6.45) is -1.77. The lowest BCUT2D eigenvalue weighted by Crippen LogP contribution is -2.41. The molecule has 1 heterocycles. The van der Waals surface area contributed by atoms with Crippen LogP contribution in [0.1, 0.15) is 0 Å². The summed E-state index contributed by atoms with van der Waals surface area (Å²) in [4.78, 5) is 0. The van der Waals surface area contributed by atoms with Gasteiger partial charge in [0, 0.05) is 0 Å². The first kappa shape index (κ1) is 7.90. The Balaban J connectivity index is 2.53. The number of rotatable bonds is 1. The molecule has 1 aliphatic rings. The maximum absolute atomic E-state index is 9.12. The zero-order chi connectivity index (χ0) is 7.72. The van der Waals surface area contributed by atoms with Crippen LogP contribution >= 0.6 is 0 Å². The van der Waals surface area contributed by atoms with Gasteiger partial charge in [0.25, 0.3) is 0 Å². The fraction of sp³-hybridized carbons (Fsp3) is 1.00. The minimum Gasteiger partial charge on any atom is -0.395 e. The highest BCUT2D eigenvalue weighted by molar-refractivity contribution is 4.95. The van der Waals surface area contributed by atoms with Crippen LogP contribution in [-0.2, 0) is 0 Å². The Morgan fingerprint density at radius 1 is 1.40 bits per heavy atom. The normalized spacial score (nSPS) is 48.0. The van der Waals surface area contributed by atoms with Gasteiger partial charge in [0.1, 0.15) is 6.23 Å². The fourth-order valence-electron chi connectivity index (χ4n) is 1.04. The highest BCUT2D eigenvalue weighted by atomic mass is 16.3. The molecule has 1 saturated heterocycles. The van der Waals surface area contributed by atoms with Crippen molar-refractivity contribution < 1.29 is 15.3 Å². The summed E-state index contributed by atoms with van der Waals surface area (Å²) in [6.45, 7) is -0.216. The zero-order valence-corrected chi connectivity index (χ0v) is 5.44. The molecule has 6 N–H and O–H groups in total. The molecule has 0 aliphatic carbocycles. The molecule has 0 unspecified atom stereocenters. The molecule has 60 valence electrons. The molecule has 1 aliphatic heterocycles. The van der Waals surface area contributed by atoms with Crippen LogP contribution in [-0.4, -0.2) is 46.3 Å². The van der Waals surface area contributed by atoms with E-state index >= 15 is 0 Å². The Kier molecular flexibility index (Phi) is 2.22. The molecule has 0 aromatic carbocycles. The Labute approximate surface area is 58.5 Å². The van der Waals surface area contributed by atoms with Gasteiger partial charge < -0.3 is 21.1 Å². The lowest BCUT2D eigenvalue weighted by molar-refractivity contribution is 0.0960. The number of nitrogens with two attached hydrogens (primary N) is 1. The molecule has 1 rings (SSSR count). The van der Waals surface area contributed by atoms with Crippen molar-refractivity contribution in [3.63, 3.8) is 0 Å². The fourth-order valence-corrected chi connectivity index (χ4v) is 1.04. The van der Waals surface area contributed by atoms with Crippen LogP contribution in [0.5, 0.6) is 0 Å². The van der Waals surface area contributed by atoms with Crippen molar-refractivity contribution in [2.24, 2.45) is 5.73 Å². The van der Waals surface area contributed by atoms with Crippen LogP contribution in [0.2, 0.25) is 0 Å². The molecule has 0 saturated carbocycles. The van der Waals surface area contributed by atoms with Crippen molar-refractivity contribution in [1.82, 2.24) is 5.32 Å². The van der Waals surface area contributed by atoms with E-state index in [2.05, 4.69) is 5.32 Å². The van der Waals surface area contributed by atoms with E-state index in [1.165, 1.54) is 0 Å². The number of nitrogens with one attached hydrogen (secondary N) is 1. The smallest absolute Gasteiger partial charge is 0.123 e. The topological polar surface area (TPSA) is 98.7 Å². The second-order valence-electron chi connectivity index (χ2n) is 2.47. The van der Waals surface area contributed by atoms with E-state index in [1.54, 1.807) is 0 Å². The van der Waals surface area contributed by atoms with Crippen molar-refractivity contribution in [3.8, 4) is 0 Å². The van der Waals surface area contributed by atoms with Crippen molar-refractivity contribution >= 4 is 0 Å². The average molecular weight is 148 g/mol. The Bertz CT molecular complexity index is 121. The van der Waals surface area contributed by atoms with E-state index in [1.807, 2.05) is 0 Å². The highest BCUT2D eigenvalue weighted by Gasteiger charge is 2.37. The van der Waals surface area contributed by atoms with Gasteiger partial charge in [-0.05, 0) is 0 Å². The van der Waals surface area contributed by atoms with Crippen LogP contribution in [0, 0.1) is 0 Å². The van der Waals surface area contributed by atoms with Gasteiger partial charge in [0.2, 0.25) is 0 Å². The zero-order valence-electron chi connectivity index (χ0n) is 5.44. The molecule has 4 atom stereocenters. The number of hydrogen-bond acceptors (Lipinski definition) is 5. The molecule has 1 fully saturated rings. The number of hydrogen-bond donors (Lipinski definition) is 5. The van der Waals surface area contributed by atoms with Gasteiger partial charge in [-0.3, -0.25) is 5.32 Å². The average Bonchev–Trinajstić information content (AvgIpc) is 2.17. The maximum Gasteiger partial charge on any atom is 0.123 e. The molecular weight excluding hydrogens is 136 g/mol. The van der Waals surface area contributed by atoms with Crippen LogP contribution in [0.3, 0.4) is 0 Å². The predicted molar refractivity (Wildman–Crippen MR) is 34.0 cm³/mol. The second kappa shape index (κ2) is 2.81. The summed E-state index contributed by atoms with van der Waals surface area (Å²) in [6, 6.07) is -1.19. The van der Waals surface area contributed by atoms with E-state index in [0.29, 0.717) is 0 Å². The minimum atomic E-state index is -0.910. The van der Waals surface area contributed by atoms with Gasteiger partial charge in [-0.15, -0.1) is 0 Å². The Morgan fingerprint density at radius 2 is 2.00 bits per heavy atom. The third-order valence-electron chi connectivity index (χ3n) is 1.75. The summed E-state index contributed by atoms with van der Waals surface area (Å²) >= 11 is 0. The molecule has 5 heteroatoms. The van der Waals surface area contributed by atoms with E-state index in [4.69, 9.17) is 21.1 Å². The summed E-state index contributed by atoms with van der Waals surface area (Å²) in [5.74, 6) is 0. The molecular formula is C5H12N2O3. The van der Waals surface area contributed by atoms with Crippen molar-refractivity contribution in [2.75, 3.05) is 6.61 Å². The third kappa shape index (κ3) is 1.14. The predicted octanol–water partition coefficient (Wildman–Crippen LogP) is -3.04. The van der Waals surface area contributed by atoms with E-state index < -0.39 is 24.4 Å². The monoisotopic (exact) mass is 148 g/mol. The van der Waals surface area contributed by atoms with Crippen LogP contribution in [0.25, 0.3) is 0 Å². The second-order valence-corrected chi connectivity index (χ2v) is 2.47. The third-order valence-corrected chi connectivity index (χ3v) is 1.75. The SMILES string of the molecule is N[C@@H]1[C@@H](O)[C@H](CO)N[C@H]1O. The van der Waals surface area contributed by atoms with Crippen LogP contribution in [0.4, 0.5) is 0 Å². The first-order valence-electron chi connectivity index (χ1n) is 3.15. The van der Waals surface area contributed by atoms with E-state index in [-0.39, 0.29) is 6.61 Å². The summed E-state index contributed by atoms with van der Waals surface area (Å²) < 4.78 is 0. The van der Waals surface area contributed by atoms with Crippen molar-refractivity contribution in [2.45, 2.75) is 24.4 Å². The summed E-state index contributed by atoms with van der Waals surface area (Å²) in [5.41, 5.74) is 5.31. The van der Waals surface area contributed by atoms with Gasteiger partial charge in [0.15, 0.2) is 0 Å². The maximum atomic E-state index is 9.12. The Hall–Kier alpha value is -0.200. The van der Waals surface area contributed by atoms with Crippen LogP contribution < -0.4 is 11.1 Å². The number of aliphatic hydroxyl groups excluding tert-OH is 3. The van der Waals surface area contributed by atoms with Gasteiger partial charge >= 0.3 is 0 Å². The van der Waals surface area contributed by atoms with Gasteiger partial charge in [0.05, 0.1) is 24.8 Å². The van der Waals surface area contributed by atoms with Crippen LogP contribution in [0.15, 0.2) is 0 Å².